The van der Waals surface area contributed by atoms with Gasteiger partial charge in [-0.05, 0) is 37.2 Å². The second-order valence-electron chi connectivity index (χ2n) is 3.88. The van der Waals surface area contributed by atoms with E-state index in [1.165, 1.54) is 0 Å². The van der Waals surface area contributed by atoms with Crippen LogP contribution in [0.25, 0.3) is 0 Å². The summed E-state index contributed by atoms with van der Waals surface area (Å²) in [6.45, 7) is 5.55. The highest BCUT2D eigenvalue weighted by Crippen LogP contribution is 2.20. The summed E-state index contributed by atoms with van der Waals surface area (Å²) in [5, 5.41) is 0. The summed E-state index contributed by atoms with van der Waals surface area (Å²) in [6.07, 6.45) is 1.51. The predicted molar refractivity (Wildman–Crippen MR) is 65.3 cm³/mol. The Morgan fingerprint density at radius 1 is 1.40 bits per heavy atom. The fraction of sp³-hybridized carbons (Fsp3) is 0.500. The van der Waals surface area contributed by atoms with Gasteiger partial charge in [0.25, 0.3) is 0 Å². The lowest BCUT2D eigenvalue weighted by Gasteiger charge is -2.15. The Hall–Kier alpha value is -0.540. The number of hydrogen-bond acceptors (Lipinski definition) is 2. The van der Waals surface area contributed by atoms with Crippen molar-refractivity contribution >= 4 is 15.9 Å². The zero-order valence-electron chi connectivity index (χ0n) is 8.95. The maximum absolute atomic E-state index is 5.90. The molecule has 0 spiro atoms. The number of likely N-dealkylation sites (N-methyl/N-ethyl adjacent to an activating group) is 1. The van der Waals surface area contributed by atoms with Crippen LogP contribution in [-0.4, -0.2) is 30.6 Å². The average Bonchev–Trinajstić information content (AvgIpc) is 2.69. The molecule has 1 heterocycles. The lowest BCUT2D eigenvalue weighted by atomic mass is 10.3. The first kappa shape index (κ1) is 11.0. The first-order chi connectivity index (χ1) is 7.28. The molecule has 2 nitrogen and oxygen atoms in total. The van der Waals surface area contributed by atoms with E-state index < -0.39 is 0 Å². The maximum Gasteiger partial charge on any atom is 0.119 e. The third-order valence-corrected chi connectivity index (χ3v) is 3.32. The quantitative estimate of drug-likeness (QED) is 0.837. The summed E-state index contributed by atoms with van der Waals surface area (Å²) >= 11 is 3.42. The van der Waals surface area contributed by atoms with Crippen LogP contribution in [0.2, 0.25) is 0 Å². The van der Waals surface area contributed by atoms with Crippen LogP contribution in [0, 0.1) is 0 Å². The molecule has 2 rings (SSSR count). The van der Waals surface area contributed by atoms with Gasteiger partial charge in [-0.25, -0.2) is 0 Å². The first-order valence-corrected chi connectivity index (χ1v) is 6.22. The minimum absolute atomic E-state index is 0.367. The van der Waals surface area contributed by atoms with E-state index in [0.717, 1.165) is 36.3 Å². The van der Waals surface area contributed by atoms with Crippen molar-refractivity contribution in [2.45, 2.75) is 19.4 Å². The Morgan fingerprint density at radius 3 is 2.73 bits per heavy atom. The van der Waals surface area contributed by atoms with Crippen LogP contribution in [0.5, 0.6) is 5.75 Å². The molecule has 0 amide bonds. The van der Waals surface area contributed by atoms with Crippen molar-refractivity contribution < 1.29 is 4.74 Å². The number of likely N-dealkylation sites (tertiary alicyclic amines) is 1. The third kappa shape index (κ3) is 2.95. The molecule has 1 aliphatic rings. The summed E-state index contributed by atoms with van der Waals surface area (Å²) in [4.78, 5) is 2.42. The Balaban J connectivity index is 1.90. The maximum atomic E-state index is 5.90. The van der Waals surface area contributed by atoms with E-state index in [-0.39, 0.29) is 0 Å². The molecule has 1 atom stereocenters. The zero-order chi connectivity index (χ0) is 10.7. The molecule has 15 heavy (non-hydrogen) atoms. The van der Waals surface area contributed by atoms with Crippen LogP contribution in [0.1, 0.15) is 13.3 Å². The smallest absolute Gasteiger partial charge is 0.119 e. The molecule has 1 aliphatic heterocycles. The van der Waals surface area contributed by atoms with Gasteiger partial charge in [0.05, 0.1) is 0 Å². The topological polar surface area (TPSA) is 12.5 Å². The Labute approximate surface area is 99.4 Å². The van der Waals surface area contributed by atoms with Gasteiger partial charge in [-0.3, -0.25) is 4.90 Å². The van der Waals surface area contributed by atoms with Crippen molar-refractivity contribution in [2.75, 3.05) is 19.6 Å². The van der Waals surface area contributed by atoms with Crippen molar-refractivity contribution in [3.05, 3.63) is 28.7 Å². The molecule has 0 bridgehead atoms. The number of rotatable bonds is 3. The van der Waals surface area contributed by atoms with Gasteiger partial charge in [-0.15, -0.1) is 0 Å². The summed E-state index contributed by atoms with van der Waals surface area (Å²) in [5.41, 5.74) is 0. The van der Waals surface area contributed by atoms with E-state index >= 15 is 0 Å². The number of benzene rings is 1. The van der Waals surface area contributed by atoms with Crippen LogP contribution in [0.4, 0.5) is 0 Å². The average molecular weight is 270 g/mol. The first-order valence-electron chi connectivity index (χ1n) is 5.42. The van der Waals surface area contributed by atoms with E-state index in [0.29, 0.717) is 6.10 Å². The SMILES string of the molecule is CCN1CCC(Oc2ccc(Br)cc2)C1. The summed E-state index contributed by atoms with van der Waals surface area (Å²) in [6, 6.07) is 8.06. The highest BCUT2D eigenvalue weighted by molar-refractivity contribution is 9.10. The lowest BCUT2D eigenvalue weighted by Crippen LogP contribution is -2.24. The Kier molecular flexibility index (Phi) is 3.65. The van der Waals surface area contributed by atoms with Crippen LogP contribution < -0.4 is 4.74 Å². The normalized spacial score (nSPS) is 21.9. The van der Waals surface area contributed by atoms with Crippen molar-refractivity contribution in [2.24, 2.45) is 0 Å². The zero-order valence-corrected chi connectivity index (χ0v) is 10.5. The second kappa shape index (κ2) is 4.99. The largest absolute Gasteiger partial charge is 0.489 e. The fourth-order valence-electron chi connectivity index (χ4n) is 1.89. The van der Waals surface area contributed by atoms with Gasteiger partial charge >= 0.3 is 0 Å². The van der Waals surface area contributed by atoms with Crippen LogP contribution in [-0.2, 0) is 0 Å². The minimum Gasteiger partial charge on any atom is -0.489 e. The fourth-order valence-corrected chi connectivity index (χ4v) is 2.15. The molecular weight excluding hydrogens is 254 g/mol. The number of nitrogens with zero attached hydrogens (tertiary/aromatic N) is 1. The monoisotopic (exact) mass is 269 g/mol. The molecule has 1 aromatic rings. The summed E-state index contributed by atoms with van der Waals surface area (Å²) in [5.74, 6) is 0.973. The summed E-state index contributed by atoms with van der Waals surface area (Å²) < 4.78 is 6.99. The van der Waals surface area contributed by atoms with E-state index in [1.807, 2.05) is 24.3 Å². The molecular formula is C12H16BrNO. The van der Waals surface area contributed by atoms with E-state index in [1.54, 1.807) is 0 Å². The van der Waals surface area contributed by atoms with Gasteiger partial charge in [0, 0.05) is 17.6 Å². The number of halogens is 1. The minimum atomic E-state index is 0.367. The lowest BCUT2D eigenvalue weighted by molar-refractivity contribution is 0.202. The molecule has 82 valence electrons. The molecule has 1 unspecified atom stereocenters. The Morgan fingerprint density at radius 2 is 2.13 bits per heavy atom. The molecule has 0 radical (unpaired) electrons. The van der Waals surface area contributed by atoms with E-state index in [2.05, 4.69) is 27.8 Å². The van der Waals surface area contributed by atoms with Crippen molar-refractivity contribution in [3.8, 4) is 5.75 Å². The molecule has 0 saturated carbocycles. The number of hydrogen-bond donors (Lipinski definition) is 0. The van der Waals surface area contributed by atoms with E-state index in [9.17, 15) is 0 Å². The van der Waals surface area contributed by atoms with Gasteiger partial charge in [-0.2, -0.15) is 0 Å². The highest BCUT2D eigenvalue weighted by atomic mass is 79.9. The molecule has 0 N–H and O–H groups in total. The van der Waals surface area contributed by atoms with Crippen LogP contribution in [0.3, 0.4) is 0 Å². The van der Waals surface area contributed by atoms with Gasteiger partial charge in [0.2, 0.25) is 0 Å². The molecule has 1 aromatic carbocycles. The number of ether oxygens (including phenoxy) is 1. The van der Waals surface area contributed by atoms with Crippen molar-refractivity contribution in [1.82, 2.24) is 4.90 Å². The highest BCUT2D eigenvalue weighted by Gasteiger charge is 2.22. The third-order valence-electron chi connectivity index (χ3n) is 2.79. The molecule has 1 fully saturated rings. The van der Waals surface area contributed by atoms with Gasteiger partial charge < -0.3 is 4.74 Å². The van der Waals surface area contributed by atoms with Gasteiger partial charge in [-0.1, -0.05) is 22.9 Å². The van der Waals surface area contributed by atoms with Crippen LogP contribution >= 0.6 is 15.9 Å². The molecule has 0 aromatic heterocycles. The standard InChI is InChI=1S/C12H16BrNO/c1-2-14-8-7-12(9-14)15-11-5-3-10(13)4-6-11/h3-6,12H,2,7-9H2,1H3. The van der Waals surface area contributed by atoms with Crippen LogP contribution in [0.15, 0.2) is 28.7 Å². The second-order valence-corrected chi connectivity index (χ2v) is 4.79. The van der Waals surface area contributed by atoms with Gasteiger partial charge in [0.1, 0.15) is 11.9 Å². The predicted octanol–water partition coefficient (Wildman–Crippen LogP) is 2.92. The van der Waals surface area contributed by atoms with Gasteiger partial charge in [0.15, 0.2) is 0 Å². The Bertz CT molecular complexity index is 312. The summed E-state index contributed by atoms with van der Waals surface area (Å²) in [7, 11) is 0. The molecule has 3 heteroatoms. The van der Waals surface area contributed by atoms with Crippen molar-refractivity contribution in [3.63, 3.8) is 0 Å². The van der Waals surface area contributed by atoms with E-state index in [4.69, 9.17) is 4.74 Å². The molecule has 0 aliphatic carbocycles. The molecule has 1 saturated heterocycles. The van der Waals surface area contributed by atoms with Crippen molar-refractivity contribution in [1.29, 1.82) is 0 Å².